The molecule has 1 atom stereocenters. The van der Waals surface area contributed by atoms with Crippen molar-refractivity contribution in [2.75, 3.05) is 6.61 Å². The van der Waals surface area contributed by atoms with Crippen LogP contribution in [-0.4, -0.2) is 48.0 Å². The Kier molecular flexibility index (Phi) is 10.1. The van der Waals surface area contributed by atoms with E-state index in [4.69, 9.17) is 9.16 Å². The molecule has 0 aromatic heterocycles. The van der Waals surface area contributed by atoms with Crippen molar-refractivity contribution in [1.82, 2.24) is 5.32 Å². The molecule has 4 rings (SSSR count). The van der Waals surface area contributed by atoms with Crippen LogP contribution in [0.2, 0.25) is 10.4 Å². The Bertz CT molecular complexity index is 1320. The molecule has 0 saturated heterocycles. The van der Waals surface area contributed by atoms with Crippen LogP contribution in [0.3, 0.4) is 0 Å². The van der Waals surface area contributed by atoms with E-state index >= 15 is 0 Å². The quantitative estimate of drug-likeness (QED) is 0.257. The van der Waals surface area contributed by atoms with Gasteiger partial charge in [0.1, 0.15) is 0 Å². The van der Waals surface area contributed by atoms with Crippen LogP contribution in [0.4, 0.5) is 4.79 Å². The van der Waals surface area contributed by atoms with Crippen LogP contribution in [0.1, 0.15) is 31.1 Å². The SMILES string of the molecule is CC(C)(C)[Si](OC[C@H](C[Se]c1ccccc1)OC(=O)NC(=O)c1ccccc1)(c1ccccc1)c1ccccc1. The molecule has 0 spiro atoms. The Labute approximate surface area is 244 Å². The molecule has 0 radical (unpaired) electrons. The second-order valence-electron chi connectivity index (χ2n) is 10.4. The molecule has 206 valence electrons. The zero-order chi connectivity index (χ0) is 28.4. The molecular weight excluding hydrogens is 581 g/mol. The van der Waals surface area contributed by atoms with Crippen molar-refractivity contribution in [3.8, 4) is 0 Å². The standard InChI is InChI=1S/C33H35NO4SeSi/c1-33(2,3)40(29-20-12-6-13-21-29,30-22-14-7-15-23-30)37-24-27(25-39-28-18-10-5-11-19-28)38-32(36)34-31(35)26-16-8-4-9-17-26/h4-23,27H,24-25H2,1-3H3,(H,34,35,36)/t27-/m1/s1. The zero-order valence-corrected chi connectivity index (χ0v) is 25.8. The summed E-state index contributed by atoms with van der Waals surface area (Å²) in [5, 5.41) is 5.09. The summed E-state index contributed by atoms with van der Waals surface area (Å²) in [6.45, 7) is 6.87. The Morgan fingerprint density at radius 2 is 1.23 bits per heavy atom. The molecule has 0 saturated carbocycles. The number of imide groups is 1. The van der Waals surface area contributed by atoms with E-state index in [9.17, 15) is 9.59 Å². The topological polar surface area (TPSA) is 64.6 Å². The van der Waals surface area contributed by atoms with Gasteiger partial charge in [0.05, 0.1) is 0 Å². The summed E-state index contributed by atoms with van der Waals surface area (Å²) in [5.41, 5.74) is 0.396. The van der Waals surface area contributed by atoms with Gasteiger partial charge in [-0.2, -0.15) is 0 Å². The van der Waals surface area contributed by atoms with E-state index in [0.29, 0.717) is 10.9 Å². The van der Waals surface area contributed by atoms with Gasteiger partial charge in [0, 0.05) is 0 Å². The number of benzene rings is 4. The van der Waals surface area contributed by atoms with Crippen LogP contribution in [0.25, 0.3) is 0 Å². The average molecular weight is 617 g/mol. The van der Waals surface area contributed by atoms with Crippen LogP contribution in [-0.2, 0) is 9.16 Å². The minimum absolute atomic E-state index is 0.0461. The second kappa shape index (κ2) is 13.7. The summed E-state index contributed by atoms with van der Waals surface area (Å²) in [6.07, 6.45) is -1.31. The fourth-order valence-corrected chi connectivity index (χ4v) is 11.2. The van der Waals surface area contributed by atoms with E-state index in [-0.39, 0.29) is 26.6 Å². The molecule has 4 aromatic rings. The van der Waals surface area contributed by atoms with Crippen molar-refractivity contribution in [3.05, 3.63) is 127 Å². The maximum absolute atomic E-state index is 12.9. The Hall–Kier alpha value is -3.48. The normalized spacial score (nSPS) is 12.4. The first kappa shape index (κ1) is 29.5. The second-order valence-corrected chi connectivity index (χ2v) is 17.0. The van der Waals surface area contributed by atoms with Crippen LogP contribution >= 0.6 is 0 Å². The van der Waals surface area contributed by atoms with Gasteiger partial charge in [-0.1, -0.05) is 0 Å². The van der Waals surface area contributed by atoms with E-state index in [1.807, 2.05) is 60.7 Å². The van der Waals surface area contributed by atoms with Crippen molar-refractivity contribution in [2.45, 2.75) is 37.2 Å². The van der Waals surface area contributed by atoms with Gasteiger partial charge in [0.15, 0.2) is 0 Å². The predicted octanol–water partition coefficient (Wildman–Crippen LogP) is 4.95. The van der Waals surface area contributed by atoms with Crippen LogP contribution < -0.4 is 20.2 Å². The van der Waals surface area contributed by atoms with Crippen molar-refractivity contribution >= 4 is 50.1 Å². The van der Waals surface area contributed by atoms with Gasteiger partial charge in [-0.15, -0.1) is 0 Å². The first-order chi connectivity index (χ1) is 19.3. The molecule has 2 amide bonds. The molecule has 0 aliphatic carbocycles. The molecule has 0 unspecified atom stereocenters. The maximum atomic E-state index is 12.9. The third-order valence-corrected chi connectivity index (χ3v) is 14.0. The number of hydrogen-bond acceptors (Lipinski definition) is 4. The molecule has 0 bridgehead atoms. The summed E-state index contributed by atoms with van der Waals surface area (Å²) < 4.78 is 14.2. The molecule has 0 aliphatic heterocycles. The summed E-state index contributed by atoms with van der Waals surface area (Å²) in [6, 6.07) is 39.6. The summed E-state index contributed by atoms with van der Waals surface area (Å²) in [4.78, 5) is 25.5. The minimum atomic E-state index is -2.83. The number of nitrogens with one attached hydrogen (secondary N) is 1. The predicted molar refractivity (Wildman–Crippen MR) is 164 cm³/mol. The first-order valence-electron chi connectivity index (χ1n) is 13.3. The van der Waals surface area contributed by atoms with E-state index in [2.05, 4.69) is 62.5 Å². The third-order valence-electron chi connectivity index (χ3n) is 6.61. The van der Waals surface area contributed by atoms with Gasteiger partial charge < -0.3 is 0 Å². The summed E-state index contributed by atoms with van der Waals surface area (Å²) in [7, 11) is -2.83. The van der Waals surface area contributed by atoms with Crippen LogP contribution in [0, 0.1) is 0 Å². The number of amides is 2. The van der Waals surface area contributed by atoms with Crippen molar-refractivity contribution < 1.29 is 18.8 Å². The van der Waals surface area contributed by atoms with E-state index in [1.54, 1.807) is 24.3 Å². The molecule has 0 aliphatic rings. The summed E-state index contributed by atoms with van der Waals surface area (Å²) >= 11 is 0.0461. The number of rotatable bonds is 10. The van der Waals surface area contributed by atoms with Gasteiger partial charge in [0.2, 0.25) is 0 Å². The number of carbonyl (C=O) groups is 2. The van der Waals surface area contributed by atoms with Crippen LogP contribution in [0.5, 0.6) is 0 Å². The third kappa shape index (κ3) is 7.37. The molecule has 5 nitrogen and oxygen atoms in total. The van der Waals surface area contributed by atoms with Crippen molar-refractivity contribution in [1.29, 1.82) is 0 Å². The Morgan fingerprint density at radius 1 is 0.750 bits per heavy atom. The zero-order valence-electron chi connectivity index (χ0n) is 23.1. The molecule has 7 heteroatoms. The summed E-state index contributed by atoms with van der Waals surface area (Å²) in [5.74, 6) is -0.495. The number of hydrogen-bond donors (Lipinski definition) is 1. The monoisotopic (exact) mass is 617 g/mol. The van der Waals surface area contributed by atoms with Crippen molar-refractivity contribution in [2.24, 2.45) is 0 Å². The van der Waals surface area contributed by atoms with E-state index in [0.717, 1.165) is 10.4 Å². The van der Waals surface area contributed by atoms with Gasteiger partial charge in [0.25, 0.3) is 0 Å². The van der Waals surface area contributed by atoms with E-state index < -0.39 is 26.4 Å². The molecule has 0 fully saturated rings. The fraction of sp³-hybridized carbons (Fsp3) is 0.212. The number of carbonyl (C=O) groups excluding carboxylic acids is 2. The number of alkyl carbamates (subject to hydrolysis) is 1. The molecule has 40 heavy (non-hydrogen) atoms. The van der Waals surface area contributed by atoms with Crippen LogP contribution in [0.15, 0.2) is 121 Å². The van der Waals surface area contributed by atoms with Gasteiger partial charge in [-0.25, -0.2) is 0 Å². The molecular formula is C33H35NO4SeSi. The van der Waals surface area contributed by atoms with Gasteiger partial charge in [-0.3, -0.25) is 0 Å². The molecule has 4 aromatic carbocycles. The van der Waals surface area contributed by atoms with Gasteiger partial charge >= 0.3 is 245 Å². The Morgan fingerprint density at radius 3 is 1.73 bits per heavy atom. The van der Waals surface area contributed by atoms with Gasteiger partial charge in [-0.05, 0) is 0 Å². The average Bonchev–Trinajstić information content (AvgIpc) is 2.97. The fourth-order valence-electron chi connectivity index (χ4n) is 4.74. The molecule has 1 N–H and O–H groups in total. The number of ether oxygens (including phenoxy) is 1. The first-order valence-corrected chi connectivity index (χ1v) is 17.3. The van der Waals surface area contributed by atoms with Crippen molar-refractivity contribution in [3.63, 3.8) is 0 Å². The Balaban J connectivity index is 1.60. The molecule has 0 heterocycles. The van der Waals surface area contributed by atoms with E-state index in [1.165, 1.54) is 4.46 Å².